The molecule has 24 heavy (non-hydrogen) atoms. The fourth-order valence-electron chi connectivity index (χ4n) is 7.56. The first-order valence-corrected chi connectivity index (χ1v) is 10.6. The SMILES string of the molecule is CC1(C)CC2CC(C)(CN2CCNCC2CCC3CC2C3(C)C)C1. The zero-order valence-electron chi connectivity index (χ0n) is 16.8. The Labute approximate surface area is 150 Å². The van der Waals surface area contributed by atoms with Gasteiger partial charge in [0.15, 0.2) is 0 Å². The van der Waals surface area contributed by atoms with Crippen molar-refractivity contribution in [3.8, 4) is 0 Å². The second kappa shape index (κ2) is 5.71. The molecule has 5 unspecified atom stereocenters. The van der Waals surface area contributed by atoms with Gasteiger partial charge in [-0.1, -0.05) is 34.6 Å². The summed E-state index contributed by atoms with van der Waals surface area (Å²) in [6, 6.07) is 0.849. The minimum atomic E-state index is 0.550. The Kier molecular flexibility index (Phi) is 4.12. The molecule has 4 bridgehead atoms. The van der Waals surface area contributed by atoms with Gasteiger partial charge in [-0.05, 0) is 79.1 Å². The second-order valence-electron chi connectivity index (χ2n) is 11.6. The van der Waals surface area contributed by atoms with Gasteiger partial charge in [0.05, 0.1) is 0 Å². The van der Waals surface area contributed by atoms with Gasteiger partial charge in [-0.15, -0.1) is 0 Å². The highest BCUT2D eigenvalue weighted by atomic mass is 15.2. The molecule has 5 rings (SSSR count). The first kappa shape index (κ1) is 17.3. The Bertz CT molecular complexity index is 480. The lowest BCUT2D eigenvalue weighted by Gasteiger charge is -2.60. The van der Waals surface area contributed by atoms with E-state index in [2.05, 4.69) is 44.8 Å². The molecule has 2 heteroatoms. The van der Waals surface area contributed by atoms with Crippen molar-refractivity contribution in [1.82, 2.24) is 10.2 Å². The van der Waals surface area contributed by atoms with Crippen LogP contribution in [0.5, 0.6) is 0 Å². The lowest BCUT2D eigenvalue weighted by molar-refractivity contribution is -0.103. The number of hydrogen-bond donors (Lipinski definition) is 1. The summed E-state index contributed by atoms with van der Waals surface area (Å²) in [4.78, 5) is 2.81. The van der Waals surface area contributed by atoms with Crippen LogP contribution in [0.3, 0.4) is 0 Å². The van der Waals surface area contributed by atoms with Crippen LogP contribution in [-0.4, -0.2) is 37.1 Å². The average molecular weight is 333 g/mol. The fraction of sp³-hybridized carbons (Fsp3) is 1.00. The van der Waals surface area contributed by atoms with Gasteiger partial charge in [-0.2, -0.15) is 0 Å². The third-order valence-corrected chi connectivity index (χ3v) is 8.51. The summed E-state index contributed by atoms with van der Waals surface area (Å²) in [6.07, 6.45) is 8.74. The van der Waals surface area contributed by atoms with E-state index >= 15 is 0 Å². The van der Waals surface area contributed by atoms with Gasteiger partial charge < -0.3 is 5.32 Å². The van der Waals surface area contributed by atoms with Crippen molar-refractivity contribution in [3.05, 3.63) is 0 Å². The van der Waals surface area contributed by atoms with Crippen LogP contribution < -0.4 is 5.32 Å². The van der Waals surface area contributed by atoms with Crippen molar-refractivity contribution in [2.24, 2.45) is 34.0 Å². The van der Waals surface area contributed by atoms with E-state index in [1.54, 1.807) is 0 Å². The molecule has 138 valence electrons. The molecular formula is C22H40N2. The summed E-state index contributed by atoms with van der Waals surface area (Å²) >= 11 is 0. The van der Waals surface area contributed by atoms with Gasteiger partial charge in [0.2, 0.25) is 0 Å². The summed E-state index contributed by atoms with van der Waals surface area (Å²) < 4.78 is 0. The predicted molar refractivity (Wildman–Crippen MR) is 102 cm³/mol. The molecule has 0 amide bonds. The highest BCUT2D eigenvalue weighted by molar-refractivity contribution is 5.04. The molecule has 0 aromatic heterocycles. The number of nitrogens with zero attached hydrogens (tertiary/aromatic N) is 1. The minimum absolute atomic E-state index is 0.550. The Morgan fingerprint density at radius 2 is 1.83 bits per heavy atom. The van der Waals surface area contributed by atoms with Gasteiger partial charge in [0.25, 0.3) is 0 Å². The molecule has 4 aliphatic carbocycles. The fourth-order valence-corrected chi connectivity index (χ4v) is 7.56. The maximum absolute atomic E-state index is 3.85. The molecule has 0 spiro atoms. The quantitative estimate of drug-likeness (QED) is 0.743. The van der Waals surface area contributed by atoms with E-state index in [0.29, 0.717) is 16.2 Å². The number of fused-ring (bicyclic) bond motifs is 4. The molecule has 0 aromatic rings. The van der Waals surface area contributed by atoms with Crippen LogP contribution in [-0.2, 0) is 0 Å². The van der Waals surface area contributed by atoms with Crippen LogP contribution in [0.1, 0.15) is 73.1 Å². The molecule has 5 aliphatic rings. The normalized spacial score (nSPS) is 45.9. The monoisotopic (exact) mass is 332 g/mol. The summed E-state index contributed by atoms with van der Waals surface area (Å²) in [5.41, 5.74) is 1.77. The molecule has 1 N–H and O–H groups in total. The van der Waals surface area contributed by atoms with E-state index in [1.807, 2.05) is 0 Å². The van der Waals surface area contributed by atoms with Crippen molar-refractivity contribution in [2.45, 2.75) is 79.2 Å². The van der Waals surface area contributed by atoms with Crippen LogP contribution in [0.25, 0.3) is 0 Å². The van der Waals surface area contributed by atoms with Gasteiger partial charge in [0, 0.05) is 25.7 Å². The summed E-state index contributed by atoms with van der Waals surface area (Å²) in [5, 5.41) is 3.85. The first-order chi connectivity index (χ1) is 11.2. The van der Waals surface area contributed by atoms with E-state index in [4.69, 9.17) is 0 Å². The maximum atomic E-state index is 3.85. The molecule has 1 saturated heterocycles. The van der Waals surface area contributed by atoms with Crippen LogP contribution in [0.2, 0.25) is 0 Å². The van der Waals surface area contributed by atoms with Crippen molar-refractivity contribution in [3.63, 3.8) is 0 Å². The number of rotatable bonds is 5. The van der Waals surface area contributed by atoms with Crippen LogP contribution >= 0.6 is 0 Å². The zero-order valence-corrected chi connectivity index (χ0v) is 16.8. The molecule has 5 fully saturated rings. The van der Waals surface area contributed by atoms with Gasteiger partial charge in [-0.3, -0.25) is 4.90 Å². The van der Waals surface area contributed by atoms with Crippen LogP contribution in [0.15, 0.2) is 0 Å². The molecular weight excluding hydrogens is 292 g/mol. The third-order valence-electron chi connectivity index (χ3n) is 8.51. The van der Waals surface area contributed by atoms with Gasteiger partial charge in [0.1, 0.15) is 0 Å². The number of hydrogen-bond acceptors (Lipinski definition) is 2. The Balaban J connectivity index is 1.23. The van der Waals surface area contributed by atoms with Crippen molar-refractivity contribution in [1.29, 1.82) is 0 Å². The average Bonchev–Trinajstić information content (AvgIpc) is 2.72. The van der Waals surface area contributed by atoms with Crippen molar-refractivity contribution < 1.29 is 0 Å². The highest BCUT2D eigenvalue weighted by Crippen LogP contribution is 2.61. The predicted octanol–water partition coefficient (Wildman–Crippen LogP) is 4.55. The van der Waals surface area contributed by atoms with E-state index < -0.39 is 0 Å². The van der Waals surface area contributed by atoms with E-state index in [9.17, 15) is 0 Å². The smallest absolute Gasteiger partial charge is 0.0110 e. The highest BCUT2D eigenvalue weighted by Gasteiger charge is 2.54. The summed E-state index contributed by atoms with van der Waals surface area (Å²) in [7, 11) is 0. The van der Waals surface area contributed by atoms with Crippen molar-refractivity contribution >= 4 is 0 Å². The molecule has 0 radical (unpaired) electrons. The second-order valence-corrected chi connectivity index (χ2v) is 11.6. The van der Waals surface area contributed by atoms with Gasteiger partial charge in [-0.25, -0.2) is 0 Å². The molecule has 1 heterocycles. The number of nitrogens with one attached hydrogen (secondary N) is 1. The lowest BCUT2D eigenvalue weighted by atomic mass is 9.45. The van der Waals surface area contributed by atoms with Gasteiger partial charge >= 0.3 is 0 Å². The first-order valence-electron chi connectivity index (χ1n) is 10.6. The molecule has 1 aliphatic heterocycles. The lowest BCUT2D eigenvalue weighted by Crippen LogP contribution is -2.54. The Morgan fingerprint density at radius 3 is 2.54 bits per heavy atom. The minimum Gasteiger partial charge on any atom is -0.315 e. The zero-order chi connectivity index (χ0) is 17.2. The number of likely N-dealkylation sites (tertiary alicyclic amines) is 1. The van der Waals surface area contributed by atoms with Crippen LogP contribution in [0, 0.1) is 34.0 Å². The Hall–Kier alpha value is -0.0800. The Morgan fingerprint density at radius 1 is 1.04 bits per heavy atom. The topological polar surface area (TPSA) is 15.3 Å². The molecule has 0 aromatic carbocycles. The standard InChI is InChI=1S/C22H40N2/c1-20(2)11-18-12-22(5,14-20)15-24(18)9-8-23-13-16-6-7-17-10-19(16)21(17,3)4/h16-19,23H,6-15H2,1-5H3. The van der Waals surface area contributed by atoms with Crippen molar-refractivity contribution in [2.75, 3.05) is 26.2 Å². The molecule has 4 saturated carbocycles. The van der Waals surface area contributed by atoms with E-state index in [1.165, 1.54) is 64.7 Å². The molecule has 5 atom stereocenters. The maximum Gasteiger partial charge on any atom is 0.0110 e. The largest absolute Gasteiger partial charge is 0.315 e. The van der Waals surface area contributed by atoms with E-state index in [0.717, 1.165) is 23.8 Å². The molecule has 2 nitrogen and oxygen atoms in total. The summed E-state index contributed by atoms with van der Waals surface area (Å²) in [6.45, 7) is 17.6. The third kappa shape index (κ3) is 2.96. The summed E-state index contributed by atoms with van der Waals surface area (Å²) in [5.74, 6) is 2.97. The van der Waals surface area contributed by atoms with Crippen LogP contribution in [0.4, 0.5) is 0 Å². The van der Waals surface area contributed by atoms with E-state index in [-0.39, 0.29) is 0 Å².